The number of ether oxygens (including phenoxy) is 1. The number of para-hydroxylation sites is 2. The standard InChI is InChI=1S/C16H22N2O3/c1-11(2)15(19)17-9-10-18(16(20)12(17)3)13-7-5-6-8-14(13)21-4/h5-8,11-12H,9-10H2,1-4H3. The van der Waals surface area contributed by atoms with E-state index in [1.54, 1.807) is 23.8 Å². The Morgan fingerprint density at radius 3 is 2.57 bits per heavy atom. The Labute approximate surface area is 125 Å². The van der Waals surface area contributed by atoms with Gasteiger partial charge in [0.2, 0.25) is 11.8 Å². The van der Waals surface area contributed by atoms with Gasteiger partial charge in [-0.3, -0.25) is 9.59 Å². The molecule has 0 N–H and O–H groups in total. The van der Waals surface area contributed by atoms with E-state index in [2.05, 4.69) is 0 Å². The second-order valence-corrected chi connectivity index (χ2v) is 5.52. The molecular weight excluding hydrogens is 268 g/mol. The molecule has 1 fully saturated rings. The van der Waals surface area contributed by atoms with E-state index in [9.17, 15) is 9.59 Å². The first kappa shape index (κ1) is 15.4. The van der Waals surface area contributed by atoms with E-state index in [0.29, 0.717) is 18.8 Å². The van der Waals surface area contributed by atoms with Crippen molar-refractivity contribution in [3.8, 4) is 5.75 Å². The molecule has 1 atom stereocenters. The largest absolute Gasteiger partial charge is 0.495 e. The van der Waals surface area contributed by atoms with E-state index in [1.807, 2.05) is 38.1 Å². The minimum absolute atomic E-state index is 0.0236. The Morgan fingerprint density at radius 2 is 1.95 bits per heavy atom. The third kappa shape index (κ3) is 2.86. The topological polar surface area (TPSA) is 49.9 Å². The van der Waals surface area contributed by atoms with Crippen molar-refractivity contribution in [1.82, 2.24) is 4.90 Å². The maximum Gasteiger partial charge on any atom is 0.249 e. The highest BCUT2D eigenvalue weighted by Gasteiger charge is 2.36. The molecule has 114 valence electrons. The fourth-order valence-corrected chi connectivity index (χ4v) is 2.60. The van der Waals surface area contributed by atoms with Crippen molar-refractivity contribution in [2.45, 2.75) is 26.8 Å². The summed E-state index contributed by atoms with van der Waals surface area (Å²) in [6.45, 7) is 6.52. The highest BCUT2D eigenvalue weighted by atomic mass is 16.5. The lowest BCUT2D eigenvalue weighted by molar-refractivity contribution is -0.143. The minimum atomic E-state index is -0.446. The SMILES string of the molecule is COc1ccccc1N1CCN(C(=O)C(C)C)C(C)C1=O. The highest BCUT2D eigenvalue weighted by Crippen LogP contribution is 2.30. The predicted octanol–water partition coefficient (Wildman–Crippen LogP) is 1.91. The molecule has 21 heavy (non-hydrogen) atoms. The van der Waals surface area contributed by atoms with Crippen LogP contribution in [0, 0.1) is 5.92 Å². The van der Waals surface area contributed by atoms with Crippen molar-refractivity contribution in [2.75, 3.05) is 25.1 Å². The van der Waals surface area contributed by atoms with Crippen molar-refractivity contribution in [1.29, 1.82) is 0 Å². The van der Waals surface area contributed by atoms with E-state index < -0.39 is 6.04 Å². The van der Waals surface area contributed by atoms with Gasteiger partial charge in [-0.25, -0.2) is 0 Å². The van der Waals surface area contributed by atoms with Crippen LogP contribution in [0.2, 0.25) is 0 Å². The lowest BCUT2D eigenvalue weighted by atomic mass is 10.1. The van der Waals surface area contributed by atoms with Crippen LogP contribution in [0.25, 0.3) is 0 Å². The number of nitrogens with zero attached hydrogens (tertiary/aromatic N) is 2. The molecule has 1 saturated heterocycles. The summed E-state index contributed by atoms with van der Waals surface area (Å²) >= 11 is 0. The zero-order valence-corrected chi connectivity index (χ0v) is 13.0. The number of anilines is 1. The van der Waals surface area contributed by atoms with Crippen LogP contribution in [-0.4, -0.2) is 43.0 Å². The van der Waals surface area contributed by atoms with Crippen LogP contribution < -0.4 is 9.64 Å². The van der Waals surface area contributed by atoms with Crippen molar-refractivity contribution in [3.05, 3.63) is 24.3 Å². The third-order valence-corrected chi connectivity index (χ3v) is 3.81. The molecule has 1 aliphatic heterocycles. The lowest BCUT2D eigenvalue weighted by Crippen LogP contribution is -2.58. The quantitative estimate of drug-likeness (QED) is 0.854. The van der Waals surface area contributed by atoms with Crippen LogP contribution in [0.1, 0.15) is 20.8 Å². The summed E-state index contributed by atoms with van der Waals surface area (Å²) < 4.78 is 5.32. The van der Waals surface area contributed by atoms with E-state index in [0.717, 1.165) is 5.69 Å². The van der Waals surface area contributed by atoms with E-state index in [4.69, 9.17) is 4.74 Å². The first-order valence-electron chi connectivity index (χ1n) is 7.22. The van der Waals surface area contributed by atoms with E-state index in [-0.39, 0.29) is 17.7 Å². The molecule has 1 heterocycles. The molecule has 2 rings (SSSR count). The first-order valence-corrected chi connectivity index (χ1v) is 7.22. The molecule has 1 aliphatic rings. The van der Waals surface area contributed by atoms with Crippen LogP contribution in [0.3, 0.4) is 0 Å². The van der Waals surface area contributed by atoms with Gasteiger partial charge in [0.1, 0.15) is 11.8 Å². The lowest BCUT2D eigenvalue weighted by Gasteiger charge is -2.40. The molecule has 1 aromatic rings. The number of benzene rings is 1. The number of methoxy groups -OCH3 is 1. The van der Waals surface area contributed by atoms with Gasteiger partial charge in [-0.05, 0) is 19.1 Å². The van der Waals surface area contributed by atoms with Gasteiger partial charge in [0.25, 0.3) is 0 Å². The number of carbonyl (C=O) groups is 2. The Bertz CT molecular complexity index is 542. The minimum Gasteiger partial charge on any atom is -0.495 e. The predicted molar refractivity (Wildman–Crippen MR) is 81.4 cm³/mol. The Balaban J connectivity index is 2.24. The summed E-state index contributed by atoms with van der Waals surface area (Å²) in [5.74, 6) is 0.523. The van der Waals surface area contributed by atoms with Gasteiger partial charge in [0, 0.05) is 19.0 Å². The second-order valence-electron chi connectivity index (χ2n) is 5.52. The number of hydrogen-bond acceptors (Lipinski definition) is 3. The molecule has 0 spiro atoms. The van der Waals surface area contributed by atoms with Crippen molar-refractivity contribution in [2.24, 2.45) is 5.92 Å². The number of hydrogen-bond donors (Lipinski definition) is 0. The van der Waals surface area contributed by atoms with Crippen LogP contribution in [0.15, 0.2) is 24.3 Å². The Kier molecular flexibility index (Phi) is 4.50. The molecule has 0 aliphatic carbocycles. The summed E-state index contributed by atoms with van der Waals surface area (Å²) in [5, 5.41) is 0. The normalized spacial score (nSPS) is 19.1. The summed E-state index contributed by atoms with van der Waals surface area (Å²) in [6, 6.07) is 7.00. The van der Waals surface area contributed by atoms with Crippen LogP contribution >= 0.6 is 0 Å². The van der Waals surface area contributed by atoms with Crippen LogP contribution in [-0.2, 0) is 9.59 Å². The summed E-state index contributed by atoms with van der Waals surface area (Å²) in [6.07, 6.45) is 0. The summed E-state index contributed by atoms with van der Waals surface area (Å²) in [4.78, 5) is 28.1. The van der Waals surface area contributed by atoms with Gasteiger partial charge >= 0.3 is 0 Å². The van der Waals surface area contributed by atoms with Crippen molar-refractivity contribution in [3.63, 3.8) is 0 Å². The summed E-state index contributed by atoms with van der Waals surface area (Å²) in [7, 11) is 1.59. The molecule has 1 unspecified atom stereocenters. The monoisotopic (exact) mass is 290 g/mol. The first-order chi connectivity index (χ1) is 9.97. The Hall–Kier alpha value is -2.04. The molecule has 1 aromatic carbocycles. The van der Waals surface area contributed by atoms with Gasteiger partial charge in [0.05, 0.1) is 12.8 Å². The number of piperazine rings is 1. The summed E-state index contributed by atoms with van der Waals surface area (Å²) in [5.41, 5.74) is 0.758. The van der Waals surface area contributed by atoms with Crippen molar-refractivity contribution >= 4 is 17.5 Å². The molecule has 5 heteroatoms. The van der Waals surface area contributed by atoms with Crippen LogP contribution in [0.5, 0.6) is 5.75 Å². The average Bonchev–Trinajstić information content (AvgIpc) is 2.49. The van der Waals surface area contributed by atoms with Gasteiger partial charge < -0.3 is 14.5 Å². The zero-order chi connectivity index (χ0) is 15.6. The number of amides is 2. The number of rotatable bonds is 3. The van der Waals surface area contributed by atoms with Gasteiger partial charge in [0.15, 0.2) is 0 Å². The number of carbonyl (C=O) groups excluding carboxylic acids is 2. The maximum atomic E-state index is 12.6. The molecule has 2 amide bonds. The molecule has 0 radical (unpaired) electrons. The van der Waals surface area contributed by atoms with Gasteiger partial charge in [-0.2, -0.15) is 0 Å². The van der Waals surface area contributed by atoms with Crippen LogP contribution in [0.4, 0.5) is 5.69 Å². The zero-order valence-electron chi connectivity index (χ0n) is 13.0. The fourth-order valence-electron chi connectivity index (χ4n) is 2.60. The van der Waals surface area contributed by atoms with Crippen molar-refractivity contribution < 1.29 is 14.3 Å². The smallest absolute Gasteiger partial charge is 0.249 e. The average molecular weight is 290 g/mol. The van der Waals surface area contributed by atoms with E-state index in [1.165, 1.54) is 0 Å². The molecule has 5 nitrogen and oxygen atoms in total. The Morgan fingerprint density at radius 1 is 1.29 bits per heavy atom. The second kappa shape index (κ2) is 6.16. The van der Waals surface area contributed by atoms with E-state index >= 15 is 0 Å². The molecule has 0 aromatic heterocycles. The molecular formula is C16H22N2O3. The fraction of sp³-hybridized carbons (Fsp3) is 0.500. The third-order valence-electron chi connectivity index (χ3n) is 3.81. The van der Waals surface area contributed by atoms with Gasteiger partial charge in [-0.15, -0.1) is 0 Å². The van der Waals surface area contributed by atoms with Gasteiger partial charge in [-0.1, -0.05) is 26.0 Å². The maximum absolute atomic E-state index is 12.6. The molecule has 0 bridgehead atoms. The molecule has 0 saturated carbocycles. The highest BCUT2D eigenvalue weighted by molar-refractivity contribution is 6.01.